The number of esters is 9. The van der Waals surface area contributed by atoms with Crippen LogP contribution < -0.4 is 37.9 Å². The molecule has 0 saturated carbocycles. The zero-order valence-corrected chi connectivity index (χ0v) is 74.2. The number of hydrogen-bond donors (Lipinski definition) is 1. The lowest BCUT2D eigenvalue weighted by atomic mass is 9.87. The largest absolute Gasteiger partial charge is 0.496 e. The van der Waals surface area contributed by atoms with Gasteiger partial charge in [-0.3, -0.25) is 38.4 Å². The van der Waals surface area contributed by atoms with Crippen LogP contribution in [0, 0.1) is 5.41 Å². The minimum atomic E-state index is -0.886. The molecule has 126 heavy (non-hydrogen) atoms. The molecule has 8 aromatic carbocycles. The first-order chi connectivity index (χ1) is 60.9. The second kappa shape index (κ2) is 52.2. The zero-order valence-electron chi connectivity index (χ0n) is 74.2. The van der Waals surface area contributed by atoms with E-state index in [0.717, 1.165) is 77.9 Å². The number of hydrogen-bond acceptors (Lipinski definition) is 26. The molecular formula is C100H118O26. The lowest BCUT2D eigenvalue weighted by Gasteiger charge is -2.23. The number of rotatable bonds is 54. The summed E-state index contributed by atoms with van der Waals surface area (Å²) < 4.78 is 90.6. The highest BCUT2D eigenvalue weighted by molar-refractivity contribution is 5.87. The predicted molar refractivity (Wildman–Crippen MR) is 470 cm³/mol. The van der Waals surface area contributed by atoms with Gasteiger partial charge >= 0.3 is 53.7 Å². The van der Waals surface area contributed by atoms with E-state index in [9.17, 15) is 48.3 Å². The van der Waals surface area contributed by atoms with E-state index in [1.807, 2.05) is 127 Å². The van der Waals surface area contributed by atoms with E-state index in [1.54, 1.807) is 45.2 Å². The van der Waals surface area contributed by atoms with Crippen molar-refractivity contribution < 1.29 is 124 Å². The Morgan fingerprint density at radius 3 is 0.849 bits per heavy atom. The SMILES string of the molecule is COC(=O)/C=C/c1cc(Cc2ccc(Cc3ccc(Cc4ccc(Cc5ccc(Cc6ccc(Cc7ccc(Cc8ccccc8OC(=O)C(C)(C)CCCC(=O)OC)cc7OCCCC(=O)OC)cc6OCCCC(=O)OC)cc5OCCCC(=O)OC)cc4OCCCC(=O)OC)cc3OCCCC(=O)OC)cc2OCCCC(=O)OC)c(OC)cc1CO. The molecule has 0 atom stereocenters. The third-order valence-electron chi connectivity index (χ3n) is 21.1. The molecule has 0 fully saturated rings. The van der Waals surface area contributed by atoms with Gasteiger partial charge in [0.25, 0.3) is 0 Å². The second-order valence-corrected chi connectivity index (χ2v) is 30.7. The molecule has 8 aromatic rings. The maximum Gasteiger partial charge on any atom is 0.330 e. The normalized spacial score (nSPS) is 11.1. The fraction of sp³-hybridized carbons (Fsp3) is 0.410. The monoisotopic (exact) mass is 1730 g/mol. The van der Waals surface area contributed by atoms with Crippen molar-refractivity contribution in [1.82, 2.24) is 0 Å². The van der Waals surface area contributed by atoms with Crippen molar-refractivity contribution in [2.24, 2.45) is 5.41 Å². The number of carbonyl (C=O) groups is 9. The lowest BCUT2D eigenvalue weighted by molar-refractivity contribution is -0.146. The van der Waals surface area contributed by atoms with Gasteiger partial charge in [-0.2, -0.15) is 0 Å². The number of carbonyl (C=O) groups excluding carboxylic acids is 9. The molecule has 0 aliphatic carbocycles. The Balaban J connectivity index is 1.10. The molecule has 0 saturated heterocycles. The molecule has 1 N–H and O–H groups in total. The molecule has 8 rings (SSSR count). The molecule has 26 nitrogen and oxygen atoms in total. The van der Waals surface area contributed by atoms with Crippen LogP contribution in [0.5, 0.6) is 46.0 Å². The highest BCUT2D eigenvalue weighted by Gasteiger charge is 2.31. The fourth-order valence-electron chi connectivity index (χ4n) is 13.9. The number of benzene rings is 8. The first kappa shape index (κ1) is 98.7. The Morgan fingerprint density at radius 1 is 0.294 bits per heavy atom. The molecule has 0 aliphatic heterocycles. The van der Waals surface area contributed by atoms with Crippen LogP contribution in [0.25, 0.3) is 6.08 Å². The van der Waals surface area contributed by atoms with Crippen molar-refractivity contribution in [3.05, 3.63) is 241 Å². The van der Waals surface area contributed by atoms with E-state index >= 15 is 0 Å². The Hall–Kier alpha value is -12.7. The Morgan fingerprint density at radius 2 is 0.571 bits per heavy atom. The third kappa shape index (κ3) is 32.4. The van der Waals surface area contributed by atoms with Gasteiger partial charge in [0.15, 0.2) is 0 Å². The van der Waals surface area contributed by atoms with Crippen molar-refractivity contribution in [3.63, 3.8) is 0 Å². The highest BCUT2D eigenvalue weighted by Crippen LogP contribution is 2.38. The quantitative estimate of drug-likeness (QED) is 0.0122. The van der Waals surface area contributed by atoms with E-state index < -0.39 is 17.4 Å². The van der Waals surface area contributed by atoms with Crippen LogP contribution in [0.3, 0.4) is 0 Å². The summed E-state index contributed by atoms with van der Waals surface area (Å²) in [4.78, 5) is 112. The standard InChI is InChI=1S/C100H118O26/c1-100(2,44-14-23-91(102)112-4)99(110)126-83-22-13-12-21-74(83)51-67-30-36-75(85(57-67)120-45-15-24-92(103)113-5)52-68-31-37-76(86(58-68)121-46-16-25-93(104)114-6)53-69-32-38-77(87(59-69)122-47-17-26-94(105)115-7)54-70-33-39-78(88(60-70)123-48-18-27-95(106)116-8)55-71-34-40-79(89(61-71)124-49-19-28-96(107)117-9)56-72-35-41-80(90(62-72)125-50-20-29-97(108)118-10)64-81-63-73(42-43-98(109)119-11)82(66-101)65-84(81)111-3/h12-13,21-22,30-43,57-63,65,101H,14-20,23-29,44-56,64,66H2,1-11H3/b43-42+. The summed E-state index contributed by atoms with van der Waals surface area (Å²) in [6, 6.07) is 46.9. The maximum absolute atomic E-state index is 13.7. The molecule has 0 amide bonds. The van der Waals surface area contributed by atoms with E-state index in [0.29, 0.717) is 153 Å². The summed E-state index contributed by atoms with van der Waals surface area (Å²) >= 11 is 0. The van der Waals surface area contributed by atoms with Crippen molar-refractivity contribution in [2.45, 2.75) is 162 Å². The zero-order chi connectivity index (χ0) is 90.8. The molecular weight excluding hydrogens is 1620 g/mol. The van der Waals surface area contributed by atoms with Crippen molar-refractivity contribution in [2.75, 3.05) is 104 Å². The number of methoxy groups -OCH3 is 9. The molecule has 0 unspecified atom stereocenters. The van der Waals surface area contributed by atoms with Gasteiger partial charge in [-0.1, -0.05) is 91.0 Å². The summed E-state index contributed by atoms with van der Waals surface area (Å²) in [7, 11) is 12.2. The summed E-state index contributed by atoms with van der Waals surface area (Å²) in [6.07, 6.45) is 9.73. The molecule has 674 valence electrons. The molecule has 0 spiro atoms. The fourth-order valence-corrected chi connectivity index (χ4v) is 13.9. The Kier molecular flexibility index (Phi) is 40.9. The van der Waals surface area contributed by atoms with Crippen LogP contribution in [0.15, 0.2) is 152 Å². The van der Waals surface area contributed by atoms with Crippen molar-refractivity contribution >= 4 is 59.8 Å². The third-order valence-corrected chi connectivity index (χ3v) is 21.1. The number of aliphatic hydroxyl groups excluding tert-OH is 1. The molecule has 0 bridgehead atoms. The van der Waals surface area contributed by atoms with Crippen LogP contribution in [0.4, 0.5) is 0 Å². The summed E-state index contributed by atoms with van der Waals surface area (Å²) in [5.74, 6) is 0.876. The minimum absolute atomic E-state index is 0.135. The van der Waals surface area contributed by atoms with Gasteiger partial charge in [-0.25, -0.2) is 4.79 Å². The predicted octanol–water partition coefficient (Wildman–Crippen LogP) is 15.8. The van der Waals surface area contributed by atoms with Crippen molar-refractivity contribution in [1.29, 1.82) is 0 Å². The van der Waals surface area contributed by atoms with Gasteiger partial charge < -0.3 is 80.9 Å². The average Bonchev–Trinajstić information content (AvgIpc) is 0.824. The molecule has 0 radical (unpaired) electrons. The maximum atomic E-state index is 13.7. The summed E-state index contributed by atoms with van der Waals surface area (Å²) in [5, 5.41) is 10.3. The van der Waals surface area contributed by atoms with E-state index in [2.05, 4.69) is 0 Å². The van der Waals surface area contributed by atoms with Gasteiger partial charge in [0.1, 0.15) is 46.0 Å². The van der Waals surface area contributed by atoms with Crippen LogP contribution in [-0.2, 0) is 133 Å². The van der Waals surface area contributed by atoms with Crippen LogP contribution in [0.2, 0.25) is 0 Å². The molecule has 0 heterocycles. The Bertz CT molecular complexity index is 5000. The molecule has 26 heteroatoms. The minimum Gasteiger partial charge on any atom is -0.496 e. The number of para-hydroxylation sites is 1. The topological polar surface area (TPSA) is 322 Å². The summed E-state index contributed by atoms with van der Waals surface area (Å²) in [6.45, 7) is 4.48. The molecule has 0 aliphatic rings. The lowest BCUT2D eigenvalue weighted by Crippen LogP contribution is -2.29. The number of aliphatic hydroxyl groups is 1. The number of ether oxygens (including phenoxy) is 16. The highest BCUT2D eigenvalue weighted by atomic mass is 16.6. The van der Waals surface area contributed by atoms with E-state index in [-0.39, 0.29) is 133 Å². The van der Waals surface area contributed by atoms with Crippen LogP contribution in [0.1, 0.15) is 199 Å². The van der Waals surface area contributed by atoms with Gasteiger partial charge in [0.2, 0.25) is 0 Å². The Labute approximate surface area is 737 Å². The van der Waals surface area contributed by atoms with Gasteiger partial charge in [0, 0.05) is 96.0 Å². The van der Waals surface area contributed by atoms with E-state index in [4.69, 9.17) is 75.8 Å². The van der Waals surface area contributed by atoms with Gasteiger partial charge in [-0.05, 0) is 215 Å². The van der Waals surface area contributed by atoms with Crippen LogP contribution in [-0.4, -0.2) is 162 Å². The average molecular weight is 1740 g/mol. The van der Waals surface area contributed by atoms with Gasteiger partial charge in [0.05, 0.1) is 116 Å². The smallest absolute Gasteiger partial charge is 0.330 e. The van der Waals surface area contributed by atoms with E-state index in [1.165, 1.54) is 63.0 Å². The van der Waals surface area contributed by atoms with Gasteiger partial charge in [-0.15, -0.1) is 0 Å². The van der Waals surface area contributed by atoms with Crippen molar-refractivity contribution in [3.8, 4) is 46.0 Å². The van der Waals surface area contributed by atoms with Crippen LogP contribution >= 0.6 is 0 Å². The second-order valence-electron chi connectivity index (χ2n) is 30.7. The first-order valence-corrected chi connectivity index (χ1v) is 42.2. The summed E-state index contributed by atoms with van der Waals surface area (Å²) in [5.41, 5.74) is 12.0. The molecule has 0 aromatic heterocycles. The first-order valence-electron chi connectivity index (χ1n) is 42.2.